The van der Waals surface area contributed by atoms with Gasteiger partial charge in [-0.25, -0.2) is 4.79 Å². The minimum absolute atomic E-state index is 0.00936. The van der Waals surface area contributed by atoms with Gasteiger partial charge < -0.3 is 19.3 Å². The zero-order valence-corrected chi connectivity index (χ0v) is 15.9. The number of carbonyl (C=O) groups excluding carboxylic acids is 2. The Morgan fingerprint density at radius 3 is 2.65 bits per heavy atom. The standard InChI is InChI=1S/C20H28N2O4/c1-15(2)26-19(24)21-9-7-20(8-10-21)12-18(23)22(14-20)13-16-5-4-6-17(11-16)25-3/h4-6,11,15H,7-10,12-14H2,1-3H3. The van der Waals surface area contributed by atoms with Crippen LogP contribution in [0.2, 0.25) is 0 Å². The molecule has 1 aromatic rings. The Morgan fingerprint density at radius 1 is 1.27 bits per heavy atom. The summed E-state index contributed by atoms with van der Waals surface area (Å²) >= 11 is 0. The summed E-state index contributed by atoms with van der Waals surface area (Å²) < 4.78 is 10.5. The lowest BCUT2D eigenvalue weighted by molar-refractivity contribution is -0.128. The van der Waals surface area contributed by atoms with Gasteiger partial charge in [0.15, 0.2) is 0 Å². The molecule has 2 saturated heterocycles. The summed E-state index contributed by atoms with van der Waals surface area (Å²) in [6, 6.07) is 7.85. The van der Waals surface area contributed by atoms with E-state index in [2.05, 4.69) is 0 Å². The molecule has 1 aromatic carbocycles. The molecule has 0 saturated carbocycles. The van der Waals surface area contributed by atoms with Gasteiger partial charge in [0, 0.05) is 38.0 Å². The maximum Gasteiger partial charge on any atom is 0.410 e. The van der Waals surface area contributed by atoms with Crippen molar-refractivity contribution in [2.45, 2.75) is 45.8 Å². The van der Waals surface area contributed by atoms with Gasteiger partial charge in [-0.05, 0) is 44.4 Å². The normalized spacial score (nSPS) is 19.3. The lowest BCUT2D eigenvalue weighted by Gasteiger charge is -2.38. The van der Waals surface area contributed by atoms with Crippen molar-refractivity contribution in [3.05, 3.63) is 29.8 Å². The molecule has 142 valence electrons. The van der Waals surface area contributed by atoms with Gasteiger partial charge >= 0.3 is 6.09 Å². The first kappa shape index (κ1) is 18.5. The molecule has 6 nitrogen and oxygen atoms in total. The highest BCUT2D eigenvalue weighted by atomic mass is 16.6. The van der Waals surface area contributed by atoms with E-state index >= 15 is 0 Å². The molecule has 2 fully saturated rings. The van der Waals surface area contributed by atoms with Crippen LogP contribution in [0.4, 0.5) is 4.79 Å². The third-order valence-electron chi connectivity index (χ3n) is 5.33. The van der Waals surface area contributed by atoms with Crippen LogP contribution in [0.5, 0.6) is 5.75 Å². The first-order chi connectivity index (χ1) is 12.4. The van der Waals surface area contributed by atoms with Gasteiger partial charge in [0.05, 0.1) is 13.2 Å². The smallest absolute Gasteiger partial charge is 0.410 e. The quantitative estimate of drug-likeness (QED) is 0.828. The molecule has 1 spiro atoms. The Bertz CT molecular complexity index is 666. The summed E-state index contributed by atoms with van der Waals surface area (Å²) in [6.07, 6.45) is 1.92. The van der Waals surface area contributed by atoms with Crippen molar-refractivity contribution in [2.24, 2.45) is 5.41 Å². The highest BCUT2D eigenvalue weighted by Gasteiger charge is 2.45. The SMILES string of the molecule is COc1cccc(CN2CC3(CCN(C(=O)OC(C)C)CC3)CC2=O)c1. The van der Waals surface area contributed by atoms with Crippen LogP contribution in [0.3, 0.4) is 0 Å². The van der Waals surface area contributed by atoms with Crippen LogP contribution in [-0.4, -0.2) is 54.6 Å². The average molecular weight is 360 g/mol. The third-order valence-corrected chi connectivity index (χ3v) is 5.33. The largest absolute Gasteiger partial charge is 0.497 e. The molecule has 0 aromatic heterocycles. The monoisotopic (exact) mass is 360 g/mol. The zero-order chi connectivity index (χ0) is 18.7. The van der Waals surface area contributed by atoms with Gasteiger partial charge in [-0.3, -0.25) is 4.79 Å². The van der Waals surface area contributed by atoms with Crippen LogP contribution in [0, 0.1) is 5.41 Å². The second-order valence-electron chi connectivity index (χ2n) is 7.70. The second-order valence-corrected chi connectivity index (χ2v) is 7.70. The molecule has 26 heavy (non-hydrogen) atoms. The van der Waals surface area contributed by atoms with Gasteiger partial charge in [-0.2, -0.15) is 0 Å². The molecule has 3 rings (SSSR count). The van der Waals surface area contributed by atoms with E-state index in [4.69, 9.17) is 9.47 Å². The summed E-state index contributed by atoms with van der Waals surface area (Å²) in [6.45, 7) is 6.40. The number of rotatable bonds is 4. The Labute approximate surface area is 155 Å². The number of likely N-dealkylation sites (tertiary alicyclic amines) is 2. The van der Waals surface area contributed by atoms with Crippen molar-refractivity contribution in [2.75, 3.05) is 26.7 Å². The lowest BCUT2D eigenvalue weighted by atomic mass is 9.78. The number of carbonyl (C=O) groups is 2. The number of benzene rings is 1. The minimum Gasteiger partial charge on any atom is -0.497 e. The van der Waals surface area contributed by atoms with E-state index in [1.54, 1.807) is 12.0 Å². The fourth-order valence-electron chi connectivity index (χ4n) is 3.89. The van der Waals surface area contributed by atoms with Crippen LogP contribution in [0.15, 0.2) is 24.3 Å². The summed E-state index contributed by atoms with van der Waals surface area (Å²) in [7, 11) is 1.65. The van der Waals surface area contributed by atoms with E-state index in [0.29, 0.717) is 26.1 Å². The molecule has 0 bridgehead atoms. The second kappa shape index (κ2) is 7.56. The molecular weight excluding hydrogens is 332 g/mol. The Hall–Kier alpha value is -2.24. The molecular formula is C20H28N2O4. The van der Waals surface area contributed by atoms with E-state index in [1.807, 2.05) is 43.0 Å². The maximum absolute atomic E-state index is 12.6. The number of methoxy groups -OCH3 is 1. The number of piperidine rings is 1. The molecule has 0 atom stereocenters. The molecule has 6 heteroatoms. The van der Waals surface area contributed by atoms with Crippen molar-refractivity contribution >= 4 is 12.0 Å². The number of hydrogen-bond acceptors (Lipinski definition) is 4. The number of amides is 2. The van der Waals surface area contributed by atoms with Crippen molar-refractivity contribution in [1.82, 2.24) is 9.80 Å². The molecule has 0 radical (unpaired) electrons. The maximum atomic E-state index is 12.6. The van der Waals surface area contributed by atoms with Crippen LogP contribution < -0.4 is 4.74 Å². The topological polar surface area (TPSA) is 59.1 Å². The highest BCUT2D eigenvalue weighted by Crippen LogP contribution is 2.41. The fraction of sp³-hybridized carbons (Fsp3) is 0.600. The van der Waals surface area contributed by atoms with E-state index in [-0.39, 0.29) is 23.5 Å². The molecule has 2 amide bonds. The van der Waals surface area contributed by atoms with Crippen molar-refractivity contribution in [3.8, 4) is 5.75 Å². The Morgan fingerprint density at radius 2 is 2.00 bits per heavy atom. The Kier molecular flexibility index (Phi) is 5.39. The number of nitrogens with zero attached hydrogens (tertiary/aromatic N) is 2. The lowest BCUT2D eigenvalue weighted by Crippen LogP contribution is -2.44. The molecule has 0 aliphatic carbocycles. The third kappa shape index (κ3) is 4.11. The summed E-state index contributed by atoms with van der Waals surface area (Å²) in [4.78, 5) is 28.3. The highest BCUT2D eigenvalue weighted by molar-refractivity contribution is 5.79. The van der Waals surface area contributed by atoms with Crippen LogP contribution in [0.25, 0.3) is 0 Å². The first-order valence-corrected chi connectivity index (χ1v) is 9.27. The zero-order valence-electron chi connectivity index (χ0n) is 15.9. The van der Waals surface area contributed by atoms with Gasteiger partial charge in [-0.1, -0.05) is 12.1 Å². The fourth-order valence-corrected chi connectivity index (χ4v) is 3.89. The van der Waals surface area contributed by atoms with Crippen LogP contribution in [-0.2, 0) is 16.1 Å². The molecule has 2 aliphatic heterocycles. The summed E-state index contributed by atoms with van der Waals surface area (Å²) in [5, 5.41) is 0. The first-order valence-electron chi connectivity index (χ1n) is 9.27. The molecule has 0 N–H and O–H groups in total. The predicted octanol–water partition coefficient (Wildman–Crippen LogP) is 3.05. The van der Waals surface area contributed by atoms with Gasteiger partial charge in [0.1, 0.15) is 5.75 Å². The predicted molar refractivity (Wildman–Crippen MR) is 97.9 cm³/mol. The summed E-state index contributed by atoms with van der Waals surface area (Å²) in [5.74, 6) is 1.01. The number of ether oxygens (including phenoxy) is 2. The molecule has 2 heterocycles. The average Bonchev–Trinajstić information content (AvgIpc) is 2.90. The van der Waals surface area contributed by atoms with E-state index in [9.17, 15) is 9.59 Å². The van der Waals surface area contributed by atoms with Gasteiger partial charge in [-0.15, -0.1) is 0 Å². The van der Waals surface area contributed by atoms with Crippen molar-refractivity contribution in [1.29, 1.82) is 0 Å². The molecule has 2 aliphatic rings. The van der Waals surface area contributed by atoms with E-state index < -0.39 is 0 Å². The van der Waals surface area contributed by atoms with Crippen LogP contribution in [0.1, 0.15) is 38.7 Å². The molecule has 0 unspecified atom stereocenters. The van der Waals surface area contributed by atoms with E-state index in [1.165, 1.54) is 0 Å². The van der Waals surface area contributed by atoms with E-state index in [0.717, 1.165) is 30.7 Å². The van der Waals surface area contributed by atoms with Gasteiger partial charge in [0.25, 0.3) is 0 Å². The number of hydrogen-bond donors (Lipinski definition) is 0. The minimum atomic E-state index is -0.243. The van der Waals surface area contributed by atoms with Crippen molar-refractivity contribution in [3.63, 3.8) is 0 Å². The Balaban J connectivity index is 1.58. The van der Waals surface area contributed by atoms with Crippen molar-refractivity contribution < 1.29 is 19.1 Å². The van der Waals surface area contributed by atoms with Crippen LogP contribution >= 0.6 is 0 Å². The van der Waals surface area contributed by atoms with Gasteiger partial charge in [0.2, 0.25) is 5.91 Å². The summed E-state index contributed by atoms with van der Waals surface area (Å²) in [5.41, 5.74) is 1.07.